The largest absolute Gasteiger partial charge is 0.493 e. The predicted octanol–water partition coefficient (Wildman–Crippen LogP) is 3.34. The first-order valence-corrected chi connectivity index (χ1v) is 8.81. The lowest BCUT2D eigenvalue weighted by atomic mass is 10.2. The molecule has 0 saturated carbocycles. The Morgan fingerprint density at radius 3 is 2.23 bits per heavy atom. The van der Waals surface area contributed by atoms with Gasteiger partial charge in [0.1, 0.15) is 0 Å². The Morgan fingerprint density at radius 1 is 1.08 bits per heavy atom. The monoisotopic (exact) mass is 374 g/mol. The molecule has 0 aliphatic carbocycles. The van der Waals surface area contributed by atoms with E-state index in [0.29, 0.717) is 22.8 Å². The molecular formula is C19H22N2O4S. The van der Waals surface area contributed by atoms with Gasteiger partial charge in [-0.25, -0.2) is 5.43 Å². The second-order valence-corrected chi connectivity index (χ2v) is 6.68. The molecule has 0 spiro atoms. The van der Waals surface area contributed by atoms with Crippen LogP contribution in [0.1, 0.15) is 12.5 Å². The molecule has 0 aromatic heterocycles. The van der Waals surface area contributed by atoms with Crippen molar-refractivity contribution in [1.82, 2.24) is 5.43 Å². The standard InChI is InChI=1S/C19H22N2O4S/c1-13(26-15-8-6-5-7-9-15)19(22)21-20-12-14-10-16(23-2)18(25-4)17(11-14)24-3/h5-13H,1-4H3,(H,21,22)/b20-12-/t13-/m1/s1. The summed E-state index contributed by atoms with van der Waals surface area (Å²) in [6.45, 7) is 1.84. The van der Waals surface area contributed by atoms with Crippen LogP contribution in [0.15, 0.2) is 52.5 Å². The van der Waals surface area contributed by atoms with Crippen molar-refractivity contribution in [3.63, 3.8) is 0 Å². The van der Waals surface area contributed by atoms with Gasteiger partial charge in [-0.3, -0.25) is 4.79 Å². The van der Waals surface area contributed by atoms with E-state index in [9.17, 15) is 4.79 Å². The summed E-state index contributed by atoms with van der Waals surface area (Å²) >= 11 is 1.47. The average Bonchev–Trinajstić information content (AvgIpc) is 2.67. The molecule has 2 rings (SSSR count). The van der Waals surface area contributed by atoms with Crippen molar-refractivity contribution in [2.24, 2.45) is 5.10 Å². The molecule has 2 aromatic carbocycles. The van der Waals surface area contributed by atoms with Gasteiger partial charge in [-0.05, 0) is 31.2 Å². The summed E-state index contributed by atoms with van der Waals surface area (Å²) in [4.78, 5) is 13.2. The summed E-state index contributed by atoms with van der Waals surface area (Å²) in [5.74, 6) is 1.37. The zero-order valence-electron chi connectivity index (χ0n) is 15.2. The summed E-state index contributed by atoms with van der Waals surface area (Å²) in [7, 11) is 4.63. The van der Waals surface area contributed by atoms with Gasteiger partial charge in [-0.1, -0.05) is 18.2 Å². The molecule has 7 heteroatoms. The second kappa shape index (κ2) is 9.72. The molecule has 1 amide bonds. The molecule has 0 radical (unpaired) electrons. The van der Waals surface area contributed by atoms with Crippen molar-refractivity contribution in [3.05, 3.63) is 48.0 Å². The lowest BCUT2D eigenvalue weighted by molar-refractivity contribution is -0.120. The van der Waals surface area contributed by atoms with Gasteiger partial charge in [0.15, 0.2) is 11.5 Å². The molecule has 0 bridgehead atoms. The van der Waals surface area contributed by atoms with Crippen LogP contribution in [-0.2, 0) is 4.79 Å². The highest BCUT2D eigenvalue weighted by atomic mass is 32.2. The molecule has 0 aliphatic heterocycles. The molecule has 0 unspecified atom stereocenters. The number of ether oxygens (including phenoxy) is 3. The first kappa shape index (κ1) is 19.7. The van der Waals surface area contributed by atoms with Crippen molar-refractivity contribution in [3.8, 4) is 17.2 Å². The SMILES string of the molecule is COc1cc(/C=N\NC(=O)[C@@H](C)Sc2ccccc2)cc(OC)c1OC. The van der Waals surface area contributed by atoms with Crippen LogP contribution in [0.25, 0.3) is 0 Å². The Kier molecular flexibility index (Phi) is 7.35. The molecule has 1 atom stereocenters. The van der Waals surface area contributed by atoms with Crippen LogP contribution in [0.5, 0.6) is 17.2 Å². The Hall–Kier alpha value is -2.67. The van der Waals surface area contributed by atoms with Gasteiger partial charge in [-0.15, -0.1) is 11.8 Å². The summed E-state index contributed by atoms with van der Waals surface area (Å²) in [6, 6.07) is 13.3. The van der Waals surface area contributed by atoms with Crippen molar-refractivity contribution >= 4 is 23.9 Å². The van der Waals surface area contributed by atoms with Gasteiger partial charge < -0.3 is 14.2 Å². The summed E-state index contributed by atoms with van der Waals surface area (Å²) in [5.41, 5.74) is 3.26. The van der Waals surface area contributed by atoms with E-state index in [-0.39, 0.29) is 11.2 Å². The number of thioether (sulfide) groups is 1. The highest BCUT2D eigenvalue weighted by molar-refractivity contribution is 8.00. The van der Waals surface area contributed by atoms with E-state index in [1.54, 1.807) is 33.5 Å². The third-order valence-corrected chi connectivity index (χ3v) is 4.61. The van der Waals surface area contributed by atoms with Crippen molar-refractivity contribution in [1.29, 1.82) is 0 Å². The quantitative estimate of drug-likeness (QED) is 0.436. The molecule has 6 nitrogen and oxygen atoms in total. The number of benzene rings is 2. The fourth-order valence-corrected chi connectivity index (χ4v) is 3.08. The molecule has 1 N–H and O–H groups in total. The first-order chi connectivity index (χ1) is 12.6. The number of hydrogen-bond acceptors (Lipinski definition) is 6. The number of methoxy groups -OCH3 is 3. The number of carbonyl (C=O) groups is 1. The maximum Gasteiger partial charge on any atom is 0.253 e. The van der Waals surface area contributed by atoms with Gasteiger partial charge in [0.25, 0.3) is 5.91 Å². The van der Waals surface area contributed by atoms with Gasteiger partial charge in [0.2, 0.25) is 5.75 Å². The highest BCUT2D eigenvalue weighted by Crippen LogP contribution is 2.37. The third-order valence-electron chi connectivity index (χ3n) is 3.50. The van der Waals surface area contributed by atoms with E-state index in [1.807, 2.05) is 37.3 Å². The zero-order chi connectivity index (χ0) is 18.9. The molecule has 138 valence electrons. The second-order valence-electron chi connectivity index (χ2n) is 5.27. The Balaban J connectivity index is 2.02. The lowest BCUT2D eigenvalue weighted by Gasteiger charge is -2.12. The van der Waals surface area contributed by atoms with Gasteiger partial charge in [-0.2, -0.15) is 5.10 Å². The van der Waals surface area contributed by atoms with Crippen LogP contribution in [0, 0.1) is 0 Å². The zero-order valence-corrected chi connectivity index (χ0v) is 16.0. The molecular weight excluding hydrogens is 352 g/mol. The summed E-state index contributed by atoms with van der Waals surface area (Å²) in [5, 5.41) is 3.75. The number of nitrogens with one attached hydrogen (secondary N) is 1. The minimum atomic E-state index is -0.269. The van der Waals surface area contributed by atoms with Gasteiger partial charge >= 0.3 is 0 Å². The fourth-order valence-electron chi connectivity index (χ4n) is 2.19. The minimum Gasteiger partial charge on any atom is -0.493 e. The van der Waals surface area contributed by atoms with E-state index < -0.39 is 0 Å². The highest BCUT2D eigenvalue weighted by Gasteiger charge is 2.14. The maximum absolute atomic E-state index is 12.2. The number of hydrazone groups is 1. The average molecular weight is 374 g/mol. The van der Waals surface area contributed by atoms with Crippen LogP contribution in [0.3, 0.4) is 0 Å². The Morgan fingerprint density at radius 2 is 1.69 bits per heavy atom. The molecule has 0 saturated heterocycles. The van der Waals surface area contributed by atoms with Crippen LogP contribution in [0.4, 0.5) is 0 Å². The van der Waals surface area contributed by atoms with E-state index in [0.717, 1.165) is 4.90 Å². The molecule has 0 heterocycles. The van der Waals surface area contributed by atoms with E-state index >= 15 is 0 Å². The minimum absolute atomic E-state index is 0.178. The summed E-state index contributed by atoms with van der Waals surface area (Å²) < 4.78 is 15.9. The number of hydrogen-bond donors (Lipinski definition) is 1. The normalized spacial score (nSPS) is 11.8. The number of amides is 1. The molecule has 2 aromatic rings. The van der Waals surface area contributed by atoms with Crippen LogP contribution in [-0.4, -0.2) is 38.7 Å². The van der Waals surface area contributed by atoms with Crippen LogP contribution < -0.4 is 19.6 Å². The topological polar surface area (TPSA) is 69.2 Å². The van der Waals surface area contributed by atoms with Crippen molar-refractivity contribution < 1.29 is 19.0 Å². The third kappa shape index (κ3) is 5.16. The first-order valence-electron chi connectivity index (χ1n) is 7.93. The lowest BCUT2D eigenvalue weighted by Crippen LogP contribution is -2.26. The summed E-state index contributed by atoms with van der Waals surface area (Å²) in [6.07, 6.45) is 1.53. The molecule has 26 heavy (non-hydrogen) atoms. The van der Waals surface area contributed by atoms with Gasteiger partial charge in [0.05, 0.1) is 32.8 Å². The van der Waals surface area contributed by atoms with Crippen molar-refractivity contribution in [2.45, 2.75) is 17.1 Å². The van der Waals surface area contributed by atoms with Gasteiger partial charge in [0, 0.05) is 10.5 Å². The van der Waals surface area contributed by atoms with E-state index in [2.05, 4.69) is 10.5 Å². The number of carbonyl (C=O) groups excluding carboxylic acids is 1. The number of nitrogens with zero attached hydrogens (tertiary/aromatic N) is 1. The maximum atomic E-state index is 12.2. The number of rotatable bonds is 8. The molecule has 0 fully saturated rings. The van der Waals surface area contributed by atoms with E-state index in [4.69, 9.17) is 14.2 Å². The van der Waals surface area contributed by atoms with Crippen LogP contribution >= 0.6 is 11.8 Å². The molecule has 0 aliphatic rings. The smallest absolute Gasteiger partial charge is 0.253 e. The fraction of sp³-hybridized carbons (Fsp3) is 0.263. The van der Waals surface area contributed by atoms with Crippen LogP contribution in [0.2, 0.25) is 0 Å². The Bertz CT molecular complexity index is 740. The van der Waals surface area contributed by atoms with Crippen molar-refractivity contribution in [2.75, 3.05) is 21.3 Å². The van der Waals surface area contributed by atoms with E-state index in [1.165, 1.54) is 18.0 Å². The Labute approximate surface area is 157 Å². The predicted molar refractivity (Wildman–Crippen MR) is 104 cm³/mol.